The van der Waals surface area contributed by atoms with Crippen LogP contribution in [0.25, 0.3) is 0 Å². The predicted molar refractivity (Wildman–Crippen MR) is 96.7 cm³/mol. The zero-order valence-electron chi connectivity index (χ0n) is 14.7. The van der Waals surface area contributed by atoms with E-state index in [0.29, 0.717) is 24.3 Å². The summed E-state index contributed by atoms with van der Waals surface area (Å²) in [6.45, 7) is 0.356. The highest BCUT2D eigenvalue weighted by molar-refractivity contribution is 5.80. The molecular formula is C20H21FN2O4. The summed E-state index contributed by atoms with van der Waals surface area (Å²) in [5.41, 5.74) is 7.18. The number of nitrogens with one attached hydrogen (secondary N) is 1. The van der Waals surface area contributed by atoms with Crippen molar-refractivity contribution in [2.45, 2.75) is 19.3 Å². The zero-order valence-corrected chi connectivity index (χ0v) is 14.7. The first kappa shape index (κ1) is 18.7. The number of aryl methyl sites for hydroxylation is 1. The Kier molecular flexibility index (Phi) is 5.90. The normalized spacial score (nSPS) is 13.2. The van der Waals surface area contributed by atoms with Gasteiger partial charge in [-0.3, -0.25) is 9.59 Å². The van der Waals surface area contributed by atoms with E-state index in [-0.39, 0.29) is 31.5 Å². The van der Waals surface area contributed by atoms with Crippen molar-refractivity contribution < 1.29 is 23.5 Å². The molecule has 7 heteroatoms. The first-order valence-corrected chi connectivity index (χ1v) is 8.70. The first-order valence-electron chi connectivity index (χ1n) is 8.70. The van der Waals surface area contributed by atoms with Crippen LogP contribution in [0.15, 0.2) is 42.5 Å². The van der Waals surface area contributed by atoms with Gasteiger partial charge in [-0.1, -0.05) is 18.2 Å². The van der Waals surface area contributed by atoms with Gasteiger partial charge in [-0.2, -0.15) is 0 Å². The smallest absolute Gasteiger partial charge is 0.231 e. The van der Waals surface area contributed by atoms with Gasteiger partial charge in [-0.15, -0.1) is 0 Å². The highest BCUT2D eigenvalue weighted by Crippen LogP contribution is 2.32. The van der Waals surface area contributed by atoms with Crippen LogP contribution in [0.4, 0.5) is 4.39 Å². The lowest BCUT2D eigenvalue weighted by Gasteiger charge is -2.14. The van der Waals surface area contributed by atoms with Crippen molar-refractivity contribution in [1.82, 2.24) is 5.32 Å². The lowest BCUT2D eigenvalue weighted by atomic mass is 9.98. The number of hydrogen-bond acceptors (Lipinski definition) is 4. The van der Waals surface area contributed by atoms with Gasteiger partial charge in [0.15, 0.2) is 11.5 Å². The largest absolute Gasteiger partial charge is 0.454 e. The van der Waals surface area contributed by atoms with E-state index < -0.39 is 11.8 Å². The Bertz CT molecular complexity index is 823. The third-order valence-corrected chi connectivity index (χ3v) is 4.42. The Morgan fingerprint density at radius 3 is 2.52 bits per heavy atom. The lowest BCUT2D eigenvalue weighted by molar-refractivity contribution is -0.123. The number of nitrogens with two attached hydrogens (primary N) is 1. The molecule has 2 aromatic carbocycles. The third kappa shape index (κ3) is 5.20. The molecule has 0 saturated carbocycles. The van der Waals surface area contributed by atoms with Crippen molar-refractivity contribution >= 4 is 11.8 Å². The molecule has 0 bridgehead atoms. The van der Waals surface area contributed by atoms with Crippen molar-refractivity contribution in [2.75, 3.05) is 13.3 Å². The standard InChI is InChI=1S/C20H21FN2O4/c21-16-5-1-13(2-6-16)9-15(20(22)25)11-23-19(24)8-4-14-3-7-17-18(10-14)27-12-26-17/h1-3,5-7,10,15H,4,8-9,11-12H2,(H2,22,25)(H,23,24). The van der Waals surface area contributed by atoms with Gasteiger partial charge in [0, 0.05) is 13.0 Å². The maximum atomic E-state index is 13.0. The number of hydrogen-bond donors (Lipinski definition) is 2. The van der Waals surface area contributed by atoms with Gasteiger partial charge < -0.3 is 20.5 Å². The Morgan fingerprint density at radius 2 is 1.78 bits per heavy atom. The lowest BCUT2D eigenvalue weighted by Crippen LogP contribution is -2.37. The fourth-order valence-electron chi connectivity index (χ4n) is 2.86. The third-order valence-electron chi connectivity index (χ3n) is 4.42. The number of benzene rings is 2. The fourth-order valence-corrected chi connectivity index (χ4v) is 2.86. The van der Waals surface area contributed by atoms with Crippen LogP contribution in [0.5, 0.6) is 11.5 Å². The molecule has 0 spiro atoms. The Hall–Kier alpha value is -3.09. The average Bonchev–Trinajstić information content (AvgIpc) is 3.12. The molecule has 1 heterocycles. The molecular weight excluding hydrogens is 351 g/mol. The molecule has 0 aromatic heterocycles. The van der Waals surface area contributed by atoms with Crippen molar-refractivity contribution in [3.63, 3.8) is 0 Å². The second kappa shape index (κ2) is 8.53. The van der Waals surface area contributed by atoms with Gasteiger partial charge in [0.05, 0.1) is 5.92 Å². The summed E-state index contributed by atoms with van der Waals surface area (Å²) in [7, 11) is 0. The van der Waals surface area contributed by atoms with Crippen LogP contribution in [-0.2, 0) is 22.4 Å². The summed E-state index contributed by atoms with van der Waals surface area (Å²) < 4.78 is 23.5. The SMILES string of the molecule is NC(=O)C(CNC(=O)CCc1ccc2c(c1)OCO2)Cc1ccc(F)cc1. The molecule has 1 atom stereocenters. The number of carbonyl (C=O) groups is 2. The van der Waals surface area contributed by atoms with E-state index in [9.17, 15) is 14.0 Å². The number of ether oxygens (including phenoxy) is 2. The summed E-state index contributed by atoms with van der Waals surface area (Å²) >= 11 is 0. The number of halogens is 1. The van der Waals surface area contributed by atoms with Crippen molar-refractivity contribution in [2.24, 2.45) is 11.7 Å². The van der Waals surface area contributed by atoms with Gasteiger partial charge in [-0.05, 0) is 48.2 Å². The maximum Gasteiger partial charge on any atom is 0.231 e. The number of amides is 2. The number of fused-ring (bicyclic) bond motifs is 1. The highest BCUT2D eigenvalue weighted by Gasteiger charge is 2.18. The Morgan fingerprint density at radius 1 is 1.07 bits per heavy atom. The van der Waals surface area contributed by atoms with E-state index in [4.69, 9.17) is 15.2 Å². The molecule has 3 N–H and O–H groups in total. The Labute approximate surface area is 156 Å². The van der Waals surface area contributed by atoms with Crippen LogP contribution in [0, 0.1) is 11.7 Å². The van der Waals surface area contributed by atoms with Crippen LogP contribution in [0.1, 0.15) is 17.5 Å². The molecule has 1 aliphatic heterocycles. The van der Waals surface area contributed by atoms with Crippen molar-refractivity contribution in [3.05, 3.63) is 59.4 Å². The van der Waals surface area contributed by atoms with Gasteiger partial charge in [0.1, 0.15) is 5.82 Å². The van der Waals surface area contributed by atoms with Crippen LogP contribution < -0.4 is 20.5 Å². The van der Waals surface area contributed by atoms with E-state index in [0.717, 1.165) is 11.1 Å². The average molecular weight is 372 g/mol. The maximum absolute atomic E-state index is 13.0. The molecule has 2 aromatic rings. The second-order valence-corrected chi connectivity index (χ2v) is 6.42. The topological polar surface area (TPSA) is 90.7 Å². The van der Waals surface area contributed by atoms with Gasteiger partial charge in [0.2, 0.25) is 18.6 Å². The summed E-state index contributed by atoms with van der Waals surface area (Å²) in [5, 5.41) is 2.75. The summed E-state index contributed by atoms with van der Waals surface area (Å²) in [4.78, 5) is 23.7. The summed E-state index contributed by atoms with van der Waals surface area (Å²) in [5.74, 6) is -0.182. The molecule has 0 fully saturated rings. The Balaban J connectivity index is 1.47. The van der Waals surface area contributed by atoms with E-state index in [1.165, 1.54) is 12.1 Å². The van der Waals surface area contributed by atoms with Gasteiger partial charge in [0.25, 0.3) is 0 Å². The molecule has 0 saturated heterocycles. The molecule has 0 radical (unpaired) electrons. The zero-order chi connectivity index (χ0) is 19.2. The molecule has 142 valence electrons. The molecule has 1 unspecified atom stereocenters. The predicted octanol–water partition coefficient (Wildman–Crippen LogP) is 1.95. The van der Waals surface area contributed by atoms with E-state index >= 15 is 0 Å². The highest BCUT2D eigenvalue weighted by atomic mass is 19.1. The van der Waals surface area contributed by atoms with E-state index in [1.54, 1.807) is 12.1 Å². The minimum absolute atomic E-state index is 0.146. The molecule has 1 aliphatic rings. The quantitative estimate of drug-likeness (QED) is 0.741. The number of primary amides is 1. The van der Waals surface area contributed by atoms with E-state index in [1.807, 2.05) is 18.2 Å². The van der Waals surface area contributed by atoms with Crippen molar-refractivity contribution in [3.8, 4) is 11.5 Å². The van der Waals surface area contributed by atoms with Crippen molar-refractivity contribution in [1.29, 1.82) is 0 Å². The number of rotatable bonds is 8. The first-order chi connectivity index (χ1) is 13.0. The second-order valence-electron chi connectivity index (χ2n) is 6.42. The van der Waals surface area contributed by atoms with Crippen LogP contribution >= 0.6 is 0 Å². The van der Waals surface area contributed by atoms with E-state index in [2.05, 4.69) is 5.32 Å². The fraction of sp³-hybridized carbons (Fsp3) is 0.300. The van der Waals surface area contributed by atoms with Gasteiger partial charge >= 0.3 is 0 Å². The summed E-state index contributed by atoms with van der Waals surface area (Å²) in [6, 6.07) is 11.4. The molecule has 6 nitrogen and oxygen atoms in total. The van der Waals surface area contributed by atoms with Crippen LogP contribution in [0.3, 0.4) is 0 Å². The molecule has 2 amide bonds. The minimum atomic E-state index is -0.551. The summed E-state index contributed by atoms with van der Waals surface area (Å²) in [6.07, 6.45) is 1.17. The van der Waals surface area contributed by atoms with Crippen LogP contribution in [-0.4, -0.2) is 25.2 Å². The molecule has 27 heavy (non-hydrogen) atoms. The van der Waals surface area contributed by atoms with Crippen LogP contribution in [0.2, 0.25) is 0 Å². The van der Waals surface area contributed by atoms with Gasteiger partial charge in [-0.25, -0.2) is 4.39 Å². The minimum Gasteiger partial charge on any atom is -0.454 e. The molecule has 3 rings (SSSR count). The monoisotopic (exact) mass is 372 g/mol. The number of carbonyl (C=O) groups excluding carboxylic acids is 2. The molecule has 0 aliphatic carbocycles.